The Bertz CT molecular complexity index is 407. The van der Waals surface area contributed by atoms with Crippen LogP contribution in [0.4, 0.5) is 4.79 Å². The molecule has 0 radical (unpaired) electrons. The summed E-state index contributed by atoms with van der Waals surface area (Å²) in [4.78, 5) is 25.0. The summed E-state index contributed by atoms with van der Waals surface area (Å²) in [6.45, 7) is 2.88. The second-order valence-electron chi connectivity index (χ2n) is 3.43. The minimum atomic E-state index is -0.277. The van der Waals surface area contributed by atoms with Gasteiger partial charge in [-0.05, 0) is 6.07 Å². The van der Waals surface area contributed by atoms with Crippen LogP contribution >= 0.6 is 0 Å². The number of nitrogens with one attached hydrogen (secondary N) is 1. The molecule has 1 saturated heterocycles. The van der Waals surface area contributed by atoms with Gasteiger partial charge < -0.3 is 10.2 Å². The summed E-state index contributed by atoms with van der Waals surface area (Å²) in [5.41, 5.74) is -0.277. The number of hydrogen-bond acceptors (Lipinski definition) is 3. The van der Waals surface area contributed by atoms with E-state index in [1.54, 1.807) is 17.0 Å². The molecule has 1 aromatic heterocycles. The minimum Gasteiger partial charge on any atom is -0.321 e. The van der Waals surface area contributed by atoms with Gasteiger partial charge in [-0.15, -0.1) is 0 Å². The molecule has 1 aliphatic rings. The van der Waals surface area contributed by atoms with E-state index < -0.39 is 0 Å². The Morgan fingerprint density at radius 1 is 1.27 bits per heavy atom. The standard InChI is InChI=1S/C10H13N3O2/c14-9-3-1-2-6-13(9)10(15)12-7-4-11-5-8-12/h1-3,6,11H,4-5,7-8H2. The number of nitrogens with zero attached hydrogens (tertiary/aromatic N) is 2. The van der Waals surface area contributed by atoms with E-state index in [1.807, 2.05) is 0 Å². The molecule has 0 bridgehead atoms. The number of rotatable bonds is 0. The number of pyridine rings is 1. The number of amides is 1. The summed E-state index contributed by atoms with van der Waals surface area (Å²) >= 11 is 0. The number of piperazine rings is 1. The maximum atomic E-state index is 11.9. The van der Waals surface area contributed by atoms with E-state index in [0.717, 1.165) is 17.7 Å². The number of carbonyl (C=O) groups excluding carboxylic acids is 1. The third kappa shape index (κ3) is 2.07. The molecule has 0 spiro atoms. The lowest BCUT2D eigenvalue weighted by Gasteiger charge is -2.27. The zero-order valence-corrected chi connectivity index (χ0v) is 8.35. The van der Waals surface area contributed by atoms with E-state index in [2.05, 4.69) is 5.32 Å². The van der Waals surface area contributed by atoms with Crippen LogP contribution in [0.1, 0.15) is 0 Å². The Morgan fingerprint density at radius 3 is 2.67 bits per heavy atom. The summed E-state index contributed by atoms with van der Waals surface area (Å²) < 4.78 is 1.14. The van der Waals surface area contributed by atoms with Crippen molar-refractivity contribution in [3.8, 4) is 0 Å². The van der Waals surface area contributed by atoms with Gasteiger partial charge in [-0.1, -0.05) is 6.07 Å². The summed E-state index contributed by atoms with van der Waals surface area (Å²) in [6.07, 6.45) is 1.51. The second-order valence-corrected chi connectivity index (χ2v) is 3.43. The predicted octanol–water partition coefficient (Wildman–Crippen LogP) is -0.278. The highest BCUT2D eigenvalue weighted by atomic mass is 16.2. The quantitative estimate of drug-likeness (QED) is 0.636. The first kappa shape index (κ1) is 9.92. The van der Waals surface area contributed by atoms with Gasteiger partial charge >= 0.3 is 6.03 Å². The number of aromatic nitrogens is 1. The summed E-state index contributed by atoms with van der Waals surface area (Å²) in [7, 11) is 0. The van der Waals surface area contributed by atoms with Gasteiger partial charge in [0, 0.05) is 38.4 Å². The predicted molar refractivity (Wildman–Crippen MR) is 55.9 cm³/mol. The minimum absolute atomic E-state index is 0.234. The average molecular weight is 207 g/mol. The fourth-order valence-electron chi connectivity index (χ4n) is 1.59. The number of carbonyl (C=O) groups is 1. The Morgan fingerprint density at radius 2 is 2.00 bits per heavy atom. The maximum Gasteiger partial charge on any atom is 0.331 e. The van der Waals surface area contributed by atoms with Gasteiger partial charge in [0.15, 0.2) is 0 Å². The van der Waals surface area contributed by atoms with Gasteiger partial charge in [-0.3, -0.25) is 4.79 Å². The molecule has 0 unspecified atom stereocenters. The maximum absolute atomic E-state index is 11.9. The third-order valence-corrected chi connectivity index (χ3v) is 2.42. The van der Waals surface area contributed by atoms with Gasteiger partial charge in [0.2, 0.25) is 0 Å². The highest BCUT2D eigenvalue weighted by molar-refractivity contribution is 5.76. The number of hydrogen-bond donors (Lipinski definition) is 1. The molecule has 80 valence electrons. The molecule has 5 nitrogen and oxygen atoms in total. The Kier molecular flexibility index (Phi) is 2.82. The highest BCUT2D eigenvalue weighted by Gasteiger charge is 2.17. The Labute approximate surface area is 87.3 Å². The van der Waals surface area contributed by atoms with Crippen molar-refractivity contribution >= 4 is 6.03 Å². The van der Waals surface area contributed by atoms with Crippen molar-refractivity contribution in [2.24, 2.45) is 0 Å². The van der Waals surface area contributed by atoms with Crippen LogP contribution in [0, 0.1) is 0 Å². The van der Waals surface area contributed by atoms with Gasteiger partial charge in [0.25, 0.3) is 5.56 Å². The molecule has 0 aromatic carbocycles. The topological polar surface area (TPSA) is 54.3 Å². The lowest BCUT2D eigenvalue weighted by Crippen LogP contribution is -2.49. The van der Waals surface area contributed by atoms with Crippen LogP contribution in [0.3, 0.4) is 0 Å². The van der Waals surface area contributed by atoms with Crippen molar-refractivity contribution in [2.45, 2.75) is 0 Å². The molecule has 1 N–H and O–H groups in total. The van der Waals surface area contributed by atoms with E-state index in [1.165, 1.54) is 12.3 Å². The van der Waals surface area contributed by atoms with Crippen molar-refractivity contribution in [2.75, 3.05) is 26.2 Å². The van der Waals surface area contributed by atoms with Crippen molar-refractivity contribution in [3.63, 3.8) is 0 Å². The molecule has 5 heteroatoms. The first-order valence-corrected chi connectivity index (χ1v) is 4.97. The lowest BCUT2D eigenvalue weighted by atomic mass is 10.4. The molecule has 1 amide bonds. The molecule has 0 atom stereocenters. The van der Waals surface area contributed by atoms with E-state index >= 15 is 0 Å². The van der Waals surface area contributed by atoms with Gasteiger partial charge in [0.1, 0.15) is 0 Å². The van der Waals surface area contributed by atoms with Crippen LogP contribution in [0.2, 0.25) is 0 Å². The highest BCUT2D eigenvalue weighted by Crippen LogP contribution is 1.96. The zero-order chi connectivity index (χ0) is 10.7. The molecule has 1 fully saturated rings. The first-order chi connectivity index (χ1) is 7.29. The fraction of sp³-hybridized carbons (Fsp3) is 0.400. The Balaban J connectivity index is 2.20. The van der Waals surface area contributed by atoms with Crippen LogP contribution in [0.5, 0.6) is 0 Å². The third-order valence-electron chi connectivity index (χ3n) is 2.42. The van der Waals surface area contributed by atoms with E-state index in [-0.39, 0.29) is 11.6 Å². The van der Waals surface area contributed by atoms with E-state index in [4.69, 9.17) is 0 Å². The van der Waals surface area contributed by atoms with Gasteiger partial charge in [0.05, 0.1) is 0 Å². The van der Waals surface area contributed by atoms with Crippen molar-refractivity contribution in [1.29, 1.82) is 0 Å². The molecule has 1 aromatic rings. The molecule has 15 heavy (non-hydrogen) atoms. The molecular formula is C10H13N3O2. The largest absolute Gasteiger partial charge is 0.331 e. The molecule has 0 saturated carbocycles. The molecular weight excluding hydrogens is 194 g/mol. The zero-order valence-electron chi connectivity index (χ0n) is 8.35. The summed E-state index contributed by atoms with van der Waals surface area (Å²) in [5, 5.41) is 3.15. The molecule has 0 aliphatic carbocycles. The SMILES string of the molecule is O=C(N1CCNCC1)n1ccccc1=O. The van der Waals surface area contributed by atoms with Crippen molar-refractivity contribution in [3.05, 3.63) is 34.7 Å². The van der Waals surface area contributed by atoms with Crippen LogP contribution in [-0.2, 0) is 0 Å². The van der Waals surface area contributed by atoms with Gasteiger partial charge in [-0.2, -0.15) is 0 Å². The van der Waals surface area contributed by atoms with Crippen LogP contribution in [0.25, 0.3) is 0 Å². The van der Waals surface area contributed by atoms with Gasteiger partial charge in [-0.25, -0.2) is 9.36 Å². The summed E-state index contributed by atoms with van der Waals surface area (Å²) in [6, 6.07) is 4.47. The van der Waals surface area contributed by atoms with Crippen LogP contribution in [-0.4, -0.2) is 41.7 Å². The van der Waals surface area contributed by atoms with Crippen molar-refractivity contribution in [1.82, 2.24) is 14.8 Å². The average Bonchev–Trinajstić information content (AvgIpc) is 2.30. The van der Waals surface area contributed by atoms with Crippen molar-refractivity contribution < 1.29 is 4.79 Å². The van der Waals surface area contributed by atoms with Crippen LogP contribution in [0.15, 0.2) is 29.2 Å². The fourth-order valence-corrected chi connectivity index (χ4v) is 1.59. The van der Waals surface area contributed by atoms with E-state index in [9.17, 15) is 9.59 Å². The normalized spacial score (nSPS) is 16.4. The van der Waals surface area contributed by atoms with E-state index in [0.29, 0.717) is 13.1 Å². The molecule has 1 aliphatic heterocycles. The molecule has 2 heterocycles. The summed E-state index contributed by atoms with van der Waals surface area (Å²) in [5.74, 6) is 0. The first-order valence-electron chi connectivity index (χ1n) is 4.97. The lowest BCUT2D eigenvalue weighted by molar-refractivity contribution is 0.191. The molecule has 2 rings (SSSR count). The van der Waals surface area contributed by atoms with Crippen LogP contribution < -0.4 is 10.9 Å². The second kappa shape index (κ2) is 4.27. The smallest absolute Gasteiger partial charge is 0.321 e. The Hall–Kier alpha value is -1.62. The monoisotopic (exact) mass is 207 g/mol.